The smallest absolute Gasteiger partial charge is 0.262 e. The van der Waals surface area contributed by atoms with E-state index in [0.29, 0.717) is 35.3 Å². The van der Waals surface area contributed by atoms with Crippen LogP contribution in [0.2, 0.25) is 0 Å². The molecule has 0 fully saturated rings. The summed E-state index contributed by atoms with van der Waals surface area (Å²) in [6, 6.07) is 32.5. The summed E-state index contributed by atoms with van der Waals surface area (Å²) in [6.07, 6.45) is 8.10. The van der Waals surface area contributed by atoms with Crippen LogP contribution in [0.25, 0.3) is 87.2 Å². The van der Waals surface area contributed by atoms with Crippen LogP contribution < -0.4 is 0 Å². The molecule has 10 nitrogen and oxygen atoms in total. The fraction of sp³-hybridized carbons (Fsp3) is 0.115. The fourth-order valence-electron chi connectivity index (χ4n) is 10.8. The second-order valence-corrected chi connectivity index (χ2v) is 16.3. The van der Waals surface area contributed by atoms with Crippen LogP contribution in [0, 0.1) is 0 Å². The molecule has 0 unspecified atom stereocenters. The van der Waals surface area contributed by atoms with Gasteiger partial charge in [0.05, 0.1) is 44.3 Å². The Morgan fingerprint density at radius 2 is 0.726 bits per heavy atom. The zero-order chi connectivity index (χ0) is 42.3. The monoisotopic (exact) mass is 810 g/mol. The first kappa shape index (κ1) is 35.9. The zero-order valence-corrected chi connectivity index (χ0v) is 34.1. The van der Waals surface area contributed by atoms with Crippen LogP contribution in [-0.2, 0) is 26.2 Å². The molecule has 0 atom stereocenters. The van der Waals surface area contributed by atoms with Crippen molar-refractivity contribution in [1.29, 1.82) is 0 Å². The molecule has 0 radical (unpaired) electrons. The Bertz CT molecular complexity index is 3570. The molecule has 0 aliphatic carbocycles. The highest BCUT2D eigenvalue weighted by Crippen LogP contribution is 2.48. The minimum absolute atomic E-state index is 0.214. The molecular weight excluding hydrogens is 773 g/mol. The van der Waals surface area contributed by atoms with Crippen molar-refractivity contribution in [3.05, 3.63) is 157 Å². The summed E-state index contributed by atoms with van der Waals surface area (Å²) in [4.78, 5) is 55.9. The van der Waals surface area contributed by atoms with Crippen LogP contribution >= 0.6 is 0 Å². The number of rotatable bonds is 4. The van der Waals surface area contributed by atoms with Crippen LogP contribution in [0.1, 0.15) is 41.4 Å². The Labute approximate surface area is 354 Å². The number of imide groups is 2. The molecule has 4 aromatic heterocycles. The minimum atomic E-state index is -0.251. The van der Waals surface area contributed by atoms with Gasteiger partial charge < -0.3 is 18.3 Å². The number of hydrogen-bond acceptors (Lipinski definition) is 4. The highest BCUT2D eigenvalue weighted by atomic mass is 16.2. The maximum absolute atomic E-state index is 13.4. The third-order valence-electron chi connectivity index (χ3n) is 13.3. The Balaban J connectivity index is 0.000000132. The molecule has 4 amide bonds. The molecule has 10 aromatic rings. The van der Waals surface area contributed by atoms with E-state index in [9.17, 15) is 19.2 Å². The van der Waals surface area contributed by atoms with E-state index in [4.69, 9.17) is 0 Å². The number of carbonyl (C=O) groups is 4. The molecule has 0 saturated carbocycles. The number of amides is 4. The van der Waals surface area contributed by atoms with Gasteiger partial charge in [0.25, 0.3) is 23.6 Å². The molecule has 7 heterocycles. The SMILES string of the molecule is C=CCn1c2ccccc2c2c3c(c4c5ccccc5n(CC=C)c4c21)C(=O)N(C)C3=O.CN1C(=O)c2c(c3c4ccccc4n4c3c3c2c2ccccc2n3C/C=C\C4)C1=O. The molecular formula is C52H38N6O4. The van der Waals surface area contributed by atoms with E-state index in [1.807, 2.05) is 72.8 Å². The van der Waals surface area contributed by atoms with E-state index >= 15 is 0 Å². The molecule has 300 valence electrons. The second-order valence-electron chi connectivity index (χ2n) is 16.3. The second kappa shape index (κ2) is 12.8. The van der Waals surface area contributed by atoms with Gasteiger partial charge in [0.15, 0.2) is 0 Å². The molecule has 62 heavy (non-hydrogen) atoms. The van der Waals surface area contributed by atoms with Crippen molar-refractivity contribution >= 4 is 111 Å². The van der Waals surface area contributed by atoms with Gasteiger partial charge in [0.2, 0.25) is 0 Å². The average molecular weight is 811 g/mol. The van der Waals surface area contributed by atoms with Gasteiger partial charge in [-0.25, -0.2) is 0 Å². The van der Waals surface area contributed by atoms with Crippen molar-refractivity contribution in [3.8, 4) is 0 Å². The fourth-order valence-corrected chi connectivity index (χ4v) is 10.8. The lowest BCUT2D eigenvalue weighted by Gasteiger charge is -2.13. The standard InChI is InChI=1S/C27H21N3O2.C25H17N3O2/c1-4-14-29-18-12-8-6-10-16(18)20-22-23(27(32)28(3)26(22)31)21-17-11-7-9-13-19(17)30(15-5-2)25(21)24(20)29;1-26-24(29)20-18-14-8-2-4-10-16(14)27-12-6-7-13-28-17-11-5-3-9-15(17)19(21(20)25(26)30)23(28)22(18)27/h4-13H,1-2,14-15H2,3H3;2-11H,12-13H2,1H3/b;7-6-. The van der Waals surface area contributed by atoms with Gasteiger partial charge in [-0.1, -0.05) is 97.1 Å². The van der Waals surface area contributed by atoms with Crippen LogP contribution in [0.5, 0.6) is 0 Å². The number of fused-ring (bicyclic) bond motifs is 19. The summed E-state index contributed by atoms with van der Waals surface area (Å²) in [5.74, 6) is -0.929. The number of benzene rings is 6. The van der Waals surface area contributed by atoms with E-state index in [-0.39, 0.29) is 23.6 Å². The number of carbonyl (C=O) groups excluding carboxylic acids is 4. The first-order chi connectivity index (χ1) is 30.3. The summed E-state index contributed by atoms with van der Waals surface area (Å²) in [6.45, 7) is 10.6. The van der Waals surface area contributed by atoms with Crippen molar-refractivity contribution in [3.63, 3.8) is 0 Å². The van der Waals surface area contributed by atoms with Gasteiger partial charge in [-0.15, -0.1) is 13.2 Å². The highest BCUT2D eigenvalue weighted by Gasteiger charge is 2.42. The molecule has 0 bridgehead atoms. The number of hydrogen-bond donors (Lipinski definition) is 0. The topological polar surface area (TPSA) is 94.5 Å². The number of allylic oxidation sites excluding steroid dienone is 4. The van der Waals surface area contributed by atoms with Crippen LogP contribution in [0.3, 0.4) is 0 Å². The maximum Gasteiger partial charge on any atom is 0.262 e. The molecule has 0 N–H and O–H groups in total. The first-order valence-corrected chi connectivity index (χ1v) is 20.8. The normalized spacial score (nSPS) is 15.3. The van der Waals surface area contributed by atoms with Crippen molar-refractivity contribution in [2.24, 2.45) is 0 Å². The molecule has 3 aliphatic rings. The third kappa shape index (κ3) is 4.32. The largest absolute Gasteiger partial charge is 0.335 e. The Morgan fingerprint density at radius 3 is 1.06 bits per heavy atom. The van der Waals surface area contributed by atoms with E-state index < -0.39 is 0 Å². The van der Waals surface area contributed by atoms with Gasteiger partial charge >= 0.3 is 0 Å². The molecule has 6 aromatic carbocycles. The van der Waals surface area contributed by atoms with Gasteiger partial charge in [0.1, 0.15) is 0 Å². The lowest BCUT2D eigenvalue weighted by Crippen LogP contribution is -2.24. The van der Waals surface area contributed by atoms with Gasteiger partial charge in [-0.05, 0) is 24.3 Å². The van der Waals surface area contributed by atoms with Crippen molar-refractivity contribution in [1.82, 2.24) is 28.1 Å². The Kier molecular flexibility index (Phi) is 7.40. The average Bonchev–Trinajstić information content (AvgIpc) is 4.08. The predicted octanol–water partition coefficient (Wildman–Crippen LogP) is 10.2. The summed E-state index contributed by atoms with van der Waals surface area (Å²) in [7, 11) is 3.15. The number of nitrogens with zero attached hydrogens (tertiary/aromatic N) is 6. The third-order valence-corrected chi connectivity index (χ3v) is 13.3. The van der Waals surface area contributed by atoms with E-state index in [1.54, 1.807) is 14.1 Å². The van der Waals surface area contributed by atoms with Crippen LogP contribution in [-0.4, -0.2) is 65.8 Å². The minimum Gasteiger partial charge on any atom is -0.335 e. The number of aromatic nitrogens is 4. The van der Waals surface area contributed by atoms with E-state index in [0.717, 1.165) is 100 Å². The van der Waals surface area contributed by atoms with E-state index in [1.165, 1.54) is 9.80 Å². The molecule has 0 spiro atoms. The molecule has 3 aliphatic heterocycles. The quantitative estimate of drug-likeness (QED) is 0.131. The van der Waals surface area contributed by atoms with Gasteiger partial charge in [-0.3, -0.25) is 29.0 Å². The van der Waals surface area contributed by atoms with Crippen molar-refractivity contribution in [2.45, 2.75) is 26.2 Å². The lowest BCUT2D eigenvalue weighted by atomic mass is 9.96. The summed E-state index contributed by atoms with van der Waals surface area (Å²) >= 11 is 0. The van der Waals surface area contributed by atoms with Crippen LogP contribution in [0.4, 0.5) is 0 Å². The summed E-state index contributed by atoms with van der Waals surface area (Å²) < 4.78 is 8.98. The Hall–Kier alpha value is -7.98. The van der Waals surface area contributed by atoms with Gasteiger partial charge in [0, 0.05) is 105 Å². The predicted molar refractivity (Wildman–Crippen MR) is 247 cm³/mol. The van der Waals surface area contributed by atoms with E-state index in [2.05, 4.69) is 80.0 Å². The lowest BCUT2D eigenvalue weighted by molar-refractivity contribution is 0.0679. The Morgan fingerprint density at radius 1 is 0.435 bits per heavy atom. The maximum atomic E-state index is 13.4. The molecule has 0 saturated heterocycles. The zero-order valence-electron chi connectivity index (χ0n) is 34.1. The first-order valence-electron chi connectivity index (χ1n) is 20.8. The molecule has 10 heteroatoms. The summed E-state index contributed by atoms with van der Waals surface area (Å²) in [5, 5.41) is 7.44. The molecule has 13 rings (SSSR count). The van der Waals surface area contributed by atoms with Crippen LogP contribution in [0.15, 0.2) is 135 Å². The van der Waals surface area contributed by atoms with Gasteiger partial charge in [-0.2, -0.15) is 0 Å². The van der Waals surface area contributed by atoms with Crippen molar-refractivity contribution < 1.29 is 19.2 Å². The summed E-state index contributed by atoms with van der Waals surface area (Å²) in [5.41, 5.74) is 10.3. The highest BCUT2D eigenvalue weighted by molar-refractivity contribution is 6.41. The number of para-hydroxylation sites is 4. The van der Waals surface area contributed by atoms with Crippen molar-refractivity contribution in [2.75, 3.05) is 14.1 Å².